The smallest absolute Gasteiger partial charge is 0.112 e. The molecule has 0 amide bonds. The minimum atomic E-state index is -0.000960. The van der Waals surface area contributed by atoms with Gasteiger partial charge in [0.1, 0.15) is 6.10 Å². The van der Waals surface area contributed by atoms with Gasteiger partial charge in [-0.2, -0.15) is 0 Å². The average Bonchev–Trinajstić information content (AvgIpc) is 3.09. The Morgan fingerprint density at radius 2 is 2.11 bits per heavy atom. The summed E-state index contributed by atoms with van der Waals surface area (Å²) in [7, 11) is 0. The van der Waals surface area contributed by atoms with E-state index < -0.39 is 0 Å². The molecular weight excluding hydrogens is 378 g/mol. The maximum absolute atomic E-state index is 6.30. The number of benzene rings is 1. The minimum Gasteiger partial charge on any atom is -0.369 e. The lowest BCUT2D eigenvalue weighted by atomic mass is 10.1. The van der Waals surface area contributed by atoms with E-state index in [0.717, 1.165) is 59.6 Å². The van der Waals surface area contributed by atoms with Gasteiger partial charge in [0.2, 0.25) is 0 Å². The number of rotatable bonds is 5. The Morgan fingerprint density at radius 1 is 1.22 bits per heavy atom. The van der Waals surface area contributed by atoms with E-state index in [-0.39, 0.29) is 6.10 Å². The third kappa shape index (κ3) is 4.74. The molecule has 0 aliphatic carbocycles. The van der Waals surface area contributed by atoms with Gasteiger partial charge >= 0.3 is 0 Å². The summed E-state index contributed by atoms with van der Waals surface area (Å²) in [5.74, 6) is 0. The largest absolute Gasteiger partial charge is 0.369 e. The number of hydrogen-bond donors (Lipinski definition) is 0. The van der Waals surface area contributed by atoms with Crippen molar-refractivity contribution in [3.63, 3.8) is 0 Å². The Morgan fingerprint density at radius 3 is 2.93 bits per heavy atom. The van der Waals surface area contributed by atoms with Crippen molar-refractivity contribution in [2.45, 2.75) is 26.0 Å². The topological polar surface area (TPSA) is 38.2 Å². The molecule has 1 aromatic carbocycles. The lowest BCUT2D eigenvalue weighted by Gasteiger charge is -2.32. The first-order chi connectivity index (χ1) is 13.2. The van der Waals surface area contributed by atoms with E-state index in [1.807, 2.05) is 43.5 Å². The molecule has 1 aliphatic heterocycles. The Balaban J connectivity index is 1.45. The summed E-state index contributed by atoms with van der Waals surface area (Å²) < 4.78 is 6.02. The zero-order chi connectivity index (χ0) is 18.6. The lowest BCUT2D eigenvalue weighted by Crippen LogP contribution is -2.38. The summed E-state index contributed by atoms with van der Waals surface area (Å²) >= 11 is 8.06. The van der Waals surface area contributed by atoms with Crippen molar-refractivity contribution in [1.82, 2.24) is 14.9 Å². The molecule has 1 atom stereocenters. The number of hydrogen-bond acceptors (Lipinski definition) is 5. The van der Waals surface area contributed by atoms with Gasteiger partial charge in [-0.3, -0.25) is 9.88 Å². The normalized spacial score (nSPS) is 17.9. The lowest BCUT2D eigenvalue weighted by molar-refractivity contribution is -0.0347. The van der Waals surface area contributed by atoms with E-state index in [2.05, 4.69) is 22.0 Å². The number of halogens is 1. The van der Waals surface area contributed by atoms with Crippen molar-refractivity contribution < 1.29 is 4.74 Å². The summed E-state index contributed by atoms with van der Waals surface area (Å²) in [5.41, 5.74) is 3.10. The van der Waals surface area contributed by atoms with Crippen LogP contribution >= 0.6 is 22.9 Å². The number of thiazole rings is 1. The van der Waals surface area contributed by atoms with Crippen molar-refractivity contribution in [1.29, 1.82) is 0 Å². The highest BCUT2D eigenvalue weighted by atomic mass is 35.5. The molecule has 0 N–H and O–H groups in total. The van der Waals surface area contributed by atoms with Crippen LogP contribution in [-0.4, -0.2) is 34.6 Å². The van der Waals surface area contributed by atoms with Crippen molar-refractivity contribution in [3.05, 3.63) is 80.5 Å². The number of nitrogens with zero attached hydrogens (tertiary/aromatic N) is 3. The van der Waals surface area contributed by atoms with Gasteiger partial charge in [0.05, 0.1) is 17.3 Å². The maximum atomic E-state index is 6.30. The molecule has 4 rings (SSSR count). The van der Waals surface area contributed by atoms with Gasteiger partial charge in [0, 0.05) is 47.8 Å². The molecule has 1 unspecified atom stereocenters. The number of ether oxygens (including phenoxy) is 1. The van der Waals surface area contributed by atoms with Crippen LogP contribution in [0, 0.1) is 6.92 Å². The van der Waals surface area contributed by atoms with Crippen LogP contribution in [0.25, 0.3) is 0 Å². The number of aromatic nitrogens is 2. The Labute approximate surface area is 168 Å². The second-order valence-corrected chi connectivity index (χ2v) is 8.49. The summed E-state index contributed by atoms with van der Waals surface area (Å²) in [6, 6.07) is 14.1. The predicted octanol–water partition coefficient (Wildman–Crippen LogP) is 4.66. The molecule has 0 radical (unpaired) electrons. The van der Waals surface area contributed by atoms with Gasteiger partial charge in [-0.05, 0) is 30.7 Å². The highest BCUT2D eigenvalue weighted by Gasteiger charge is 2.23. The molecule has 1 fully saturated rings. The van der Waals surface area contributed by atoms with Gasteiger partial charge in [0.15, 0.2) is 0 Å². The van der Waals surface area contributed by atoms with Crippen LogP contribution in [0.1, 0.15) is 32.9 Å². The molecule has 27 heavy (non-hydrogen) atoms. The minimum absolute atomic E-state index is 0.000960. The zero-order valence-corrected chi connectivity index (χ0v) is 16.8. The quantitative estimate of drug-likeness (QED) is 0.625. The van der Waals surface area contributed by atoms with Crippen LogP contribution < -0.4 is 0 Å². The molecule has 1 saturated heterocycles. The molecule has 4 nitrogen and oxygen atoms in total. The highest BCUT2D eigenvalue weighted by Crippen LogP contribution is 2.24. The fraction of sp³-hybridized carbons (Fsp3) is 0.333. The van der Waals surface area contributed by atoms with Crippen LogP contribution in [0.4, 0.5) is 0 Å². The summed E-state index contributed by atoms with van der Waals surface area (Å²) in [6.07, 6.45) is 2.70. The van der Waals surface area contributed by atoms with Crippen molar-refractivity contribution in [2.75, 3.05) is 19.7 Å². The molecule has 0 spiro atoms. The van der Waals surface area contributed by atoms with Gasteiger partial charge in [-0.15, -0.1) is 11.3 Å². The van der Waals surface area contributed by atoms with Crippen LogP contribution in [0.15, 0.2) is 48.7 Å². The van der Waals surface area contributed by atoms with E-state index in [4.69, 9.17) is 21.3 Å². The molecule has 3 aromatic rings. The second kappa shape index (κ2) is 8.48. The first kappa shape index (κ1) is 18.6. The molecular formula is C21H22ClN3OS. The fourth-order valence-corrected chi connectivity index (χ4v) is 4.38. The molecule has 2 aromatic heterocycles. The zero-order valence-electron chi connectivity index (χ0n) is 15.3. The van der Waals surface area contributed by atoms with Crippen LogP contribution in [-0.2, 0) is 17.7 Å². The van der Waals surface area contributed by atoms with Gasteiger partial charge in [0.25, 0.3) is 0 Å². The van der Waals surface area contributed by atoms with Crippen LogP contribution in [0.5, 0.6) is 0 Å². The predicted molar refractivity (Wildman–Crippen MR) is 109 cm³/mol. The van der Waals surface area contributed by atoms with E-state index in [1.165, 1.54) is 4.88 Å². The SMILES string of the molecule is Cc1ncc(CN2CCOC(c3cccc(Cc4ccccc4Cl)n3)C2)s1. The van der Waals surface area contributed by atoms with E-state index in [9.17, 15) is 0 Å². The highest BCUT2D eigenvalue weighted by molar-refractivity contribution is 7.11. The van der Waals surface area contributed by atoms with Crippen molar-refractivity contribution in [2.24, 2.45) is 0 Å². The number of pyridine rings is 1. The van der Waals surface area contributed by atoms with Crippen molar-refractivity contribution >= 4 is 22.9 Å². The monoisotopic (exact) mass is 399 g/mol. The third-order valence-electron chi connectivity index (χ3n) is 4.69. The first-order valence-electron chi connectivity index (χ1n) is 9.12. The third-order valence-corrected chi connectivity index (χ3v) is 5.95. The fourth-order valence-electron chi connectivity index (χ4n) is 3.34. The standard InChI is InChI=1S/C21H22ClN3OS/c1-15-23-12-18(27-15)13-25-9-10-26-21(14-25)20-8-4-6-17(24-20)11-16-5-2-3-7-19(16)22/h2-8,12,21H,9-11,13-14H2,1H3. The molecule has 6 heteroatoms. The number of aryl methyl sites for hydroxylation is 1. The van der Waals surface area contributed by atoms with Gasteiger partial charge in [-0.25, -0.2) is 4.98 Å². The molecule has 140 valence electrons. The Kier molecular flexibility index (Phi) is 5.83. The Bertz CT molecular complexity index is 914. The Hall–Kier alpha value is -1.79. The molecule has 3 heterocycles. The molecule has 0 bridgehead atoms. The summed E-state index contributed by atoms with van der Waals surface area (Å²) in [4.78, 5) is 12.9. The van der Waals surface area contributed by atoms with E-state index in [0.29, 0.717) is 0 Å². The number of morpholine rings is 1. The van der Waals surface area contributed by atoms with Crippen LogP contribution in [0.2, 0.25) is 5.02 Å². The first-order valence-corrected chi connectivity index (χ1v) is 10.3. The molecule has 0 saturated carbocycles. The maximum Gasteiger partial charge on any atom is 0.112 e. The van der Waals surface area contributed by atoms with Crippen molar-refractivity contribution in [3.8, 4) is 0 Å². The van der Waals surface area contributed by atoms with E-state index in [1.54, 1.807) is 11.3 Å². The second-order valence-electron chi connectivity index (χ2n) is 6.76. The summed E-state index contributed by atoms with van der Waals surface area (Å²) in [5, 5.41) is 1.90. The molecule has 1 aliphatic rings. The summed E-state index contributed by atoms with van der Waals surface area (Å²) in [6.45, 7) is 5.47. The average molecular weight is 400 g/mol. The van der Waals surface area contributed by atoms with Gasteiger partial charge in [-0.1, -0.05) is 35.9 Å². The van der Waals surface area contributed by atoms with Crippen LogP contribution in [0.3, 0.4) is 0 Å². The van der Waals surface area contributed by atoms with E-state index >= 15 is 0 Å². The van der Waals surface area contributed by atoms with Gasteiger partial charge < -0.3 is 4.74 Å².